The molecule has 180 valence electrons. The highest BCUT2D eigenvalue weighted by Crippen LogP contribution is 2.12. The lowest BCUT2D eigenvalue weighted by Crippen LogP contribution is -2.16. The van der Waals surface area contributed by atoms with Crippen LogP contribution >= 0.6 is 0 Å². The van der Waals surface area contributed by atoms with Crippen LogP contribution in [0.1, 0.15) is 141 Å². The Bertz CT molecular complexity index is 337. The van der Waals surface area contributed by atoms with Gasteiger partial charge in [-0.05, 0) is 45.3 Å². The molecule has 0 aromatic rings. The number of nitrogens with two attached hydrogens (primary N) is 1. The van der Waals surface area contributed by atoms with Gasteiger partial charge in [-0.25, -0.2) is 0 Å². The van der Waals surface area contributed by atoms with Crippen LogP contribution in [0.5, 0.6) is 0 Å². The van der Waals surface area contributed by atoms with Gasteiger partial charge >= 0.3 is 5.97 Å². The molecule has 4 N–H and O–H groups in total. The maximum Gasteiger partial charge on any atom is 0.303 e. The Labute approximate surface area is 188 Å². The summed E-state index contributed by atoms with van der Waals surface area (Å²) in [5, 5.41) is 12.2. The van der Waals surface area contributed by atoms with Crippen molar-refractivity contribution in [3.05, 3.63) is 0 Å². The molecule has 0 amide bonds. The predicted octanol–water partition coefficient (Wildman–Crippen LogP) is 7.20. The van der Waals surface area contributed by atoms with Gasteiger partial charge in [0.2, 0.25) is 0 Å². The molecule has 30 heavy (non-hydrogen) atoms. The summed E-state index contributed by atoms with van der Waals surface area (Å²) in [6.07, 6.45) is 28.0. The van der Waals surface area contributed by atoms with Crippen LogP contribution in [0.15, 0.2) is 0 Å². The zero-order chi connectivity index (χ0) is 22.0. The summed E-state index contributed by atoms with van der Waals surface area (Å²) in [5.41, 5.74) is 5.51. The molecule has 4 heteroatoms. The molecule has 0 unspecified atom stereocenters. The van der Waals surface area contributed by atoms with Gasteiger partial charge in [-0.15, -0.1) is 0 Å². The Kier molecular flexibility index (Phi) is 25.9. The molecular weight excluding hydrogens is 372 g/mol. The first-order valence-electron chi connectivity index (χ1n) is 13.4. The molecule has 0 aromatic heterocycles. The SMILES string of the molecule is NCCCCCCCCCCCCCCNCCCCCCCCCCCC(=O)O. The summed E-state index contributed by atoms with van der Waals surface area (Å²) < 4.78 is 0. The normalized spacial score (nSPS) is 11.2. The first-order chi connectivity index (χ1) is 14.8. The second kappa shape index (κ2) is 26.4. The van der Waals surface area contributed by atoms with Gasteiger partial charge in [0.25, 0.3) is 0 Å². The van der Waals surface area contributed by atoms with Crippen LogP contribution in [0, 0.1) is 0 Å². The van der Waals surface area contributed by atoms with Crippen molar-refractivity contribution in [2.45, 2.75) is 141 Å². The Balaban J connectivity index is 2.99. The number of unbranched alkanes of at least 4 members (excludes halogenated alkanes) is 19. The van der Waals surface area contributed by atoms with Gasteiger partial charge in [-0.2, -0.15) is 0 Å². The third-order valence-corrected chi connectivity index (χ3v) is 6.05. The van der Waals surface area contributed by atoms with Crippen LogP contribution in [0.2, 0.25) is 0 Å². The van der Waals surface area contributed by atoms with Gasteiger partial charge in [0.05, 0.1) is 0 Å². The minimum Gasteiger partial charge on any atom is -0.481 e. The highest BCUT2D eigenvalue weighted by atomic mass is 16.4. The molecule has 0 heterocycles. The maximum atomic E-state index is 10.4. The third-order valence-electron chi connectivity index (χ3n) is 6.05. The lowest BCUT2D eigenvalue weighted by molar-refractivity contribution is -0.137. The molecular formula is C26H54N2O2. The number of carboxylic acids is 1. The van der Waals surface area contributed by atoms with E-state index in [1.807, 2.05) is 0 Å². The number of hydrogen-bond donors (Lipinski definition) is 3. The van der Waals surface area contributed by atoms with E-state index in [9.17, 15) is 4.79 Å². The number of carbonyl (C=O) groups is 1. The van der Waals surface area contributed by atoms with E-state index in [1.54, 1.807) is 0 Å². The van der Waals surface area contributed by atoms with Gasteiger partial charge < -0.3 is 16.2 Å². The highest BCUT2D eigenvalue weighted by molar-refractivity contribution is 5.66. The van der Waals surface area contributed by atoms with Crippen LogP contribution in [0.3, 0.4) is 0 Å². The standard InChI is InChI=1S/C26H54N2O2/c27-23-19-15-11-7-3-1-2-4-8-12-16-20-24-28-25-21-17-13-9-5-6-10-14-18-22-26(29)30/h28H,1-25,27H2,(H,29,30). The molecule has 0 atom stereocenters. The van der Waals surface area contributed by atoms with Crippen LogP contribution < -0.4 is 11.1 Å². The molecule has 0 aliphatic heterocycles. The maximum absolute atomic E-state index is 10.4. The van der Waals surface area contributed by atoms with Crippen LogP contribution in [-0.4, -0.2) is 30.7 Å². The zero-order valence-electron chi connectivity index (χ0n) is 20.1. The van der Waals surface area contributed by atoms with E-state index < -0.39 is 5.97 Å². The fourth-order valence-electron chi connectivity index (χ4n) is 4.05. The van der Waals surface area contributed by atoms with Gasteiger partial charge in [-0.1, -0.05) is 109 Å². The van der Waals surface area contributed by atoms with E-state index in [2.05, 4.69) is 5.32 Å². The second-order valence-corrected chi connectivity index (χ2v) is 9.11. The van der Waals surface area contributed by atoms with Gasteiger partial charge in [0, 0.05) is 6.42 Å². The van der Waals surface area contributed by atoms with Crippen molar-refractivity contribution < 1.29 is 9.90 Å². The van der Waals surface area contributed by atoms with Crippen molar-refractivity contribution in [3.63, 3.8) is 0 Å². The zero-order valence-corrected chi connectivity index (χ0v) is 20.1. The molecule has 4 nitrogen and oxygen atoms in total. The van der Waals surface area contributed by atoms with Crippen LogP contribution in [0.4, 0.5) is 0 Å². The first-order valence-corrected chi connectivity index (χ1v) is 13.4. The quantitative estimate of drug-likeness (QED) is 0.128. The fourth-order valence-corrected chi connectivity index (χ4v) is 4.05. The van der Waals surface area contributed by atoms with Crippen molar-refractivity contribution in [3.8, 4) is 0 Å². The predicted molar refractivity (Wildman–Crippen MR) is 131 cm³/mol. The Morgan fingerprint density at radius 2 is 0.800 bits per heavy atom. The Morgan fingerprint density at radius 3 is 1.13 bits per heavy atom. The number of nitrogens with one attached hydrogen (secondary N) is 1. The molecule has 0 rings (SSSR count). The van der Waals surface area contributed by atoms with Crippen molar-refractivity contribution in [1.82, 2.24) is 5.32 Å². The molecule has 0 saturated carbocycles. The van der Waals surface area contributed by atoms with Crippen molar-refractivity contribution in [2.24, 2.45) is 5.73 Å². The van der Waals surface area contributed by atoms with E-state index in [-0.39, 0.29) is 0 Å². The first kappa shape index (κ1) is 29.4. The number of carboxylic acid groups (broad SMARTS) is 1. The van der Waals surface area contributed by atoms with E-state index >= 15 is 0 Å². The van der Waals surface area contributed by atoms with Gasteiger partial charge in [0.15, 0.2) is 0 Å². The Morgan fingerprint density at radius 1 is 0.500 bits per heavy atom. The van der Waals surface area contributed by atoms with Crippen molar-refractivity contribution in [2.75, 3.05) is 19.6 Å². The molecule has 0 fully saturated rings. The molecule has 0 aliphatic carbocycles. The lowest BCUT2D eigenvalue weighted by atomic mass is 10.1. The average Bonchev–Trinajstić information content (AvgIpc) is 2.73. The van der Waals surface area contributed by atoms with E-state index in [0.29, 0.717) is 6.42 Å². The molecule has 0 saturated heterocycles. The number of hydrogen-bond acceptors (Lipinski definition) is 3. The molecule has 0 bridgehead atoms. The van der Waals surface area contributed by atoms with Crippen molar-refractivity contribution in [1.29, 1.82) is 0 Å². The average molecular weight is 427 g/mol. The van der Waals surface area contributed by atoms with Crippen LogP contribution in [-0.2, 0) is 4.79 Å². The summed E-state index contributed by atoms with van der Waals surface area (Å²) >= 11 is 0. The lowest BCUT2D eigenvalue weighted by Gasteiger charge is -2.06. The third kappa shape index (κ3) is 27.4. The fraction of sp³-hybridized carbons (Fsp3) is 0.962. The monoisotopic (exact) mass is 426 g/mol. The summed E-state index contributed by atoms with van der Waals surface area (Å²) in [6.45, 7) is 3.23. The van der Waals surface area contributed by atoms with Gasteiger partial charge in [-0.3, -0.25) is 4.79 Å². The summed E-state index contributed by atoms with van der Waals surface area (Å²) in [6, 6.07) is 0. The minimum atomic E-state index is -0.657. The van der Waals surface area contributed by atoms with Crippen LogP contribution in [0.25, 0.3) is 0 Å². The van der Waals surface area contributed by atoms with Gasteiger partial charge in [0.1, 0.15) is 0 Å². The summed E-state index contributed by atoms with van der Waals surface area (Å²) in [5.74, 6) is -0.657. The van der Waals surface area contributed by atoms with Crippen molar-refractivity contribution >= 4 is 5.97 Å². The summed E-state index contributed by atoms with van der Waals surface area (Å²) in [7, 11) is 0. The molecule has 0 radical (unpaired) electrons. The summed E-state index contributed by atoms with van der Waals surface area (Å²) in [4.78, 5) is 10.4. The highest BCUT2D eigenvalue weighted by Gasteiger charge is 1.97. The van der Waals surface area contributed by atoms with E-state index in [0.717, 1.165) is 19.4 Å². The molecule has 0 aromatic carbocycles. The second-order valence-electron chi connectivity index (χ2n) is 9.11. The van der Waals surface area contributed by atoms with E-state index in [4.69, 9.17) is 10.8 Å². The minimum absolute atomic E-state index is 0.337. The number of aliphatic carboxylic acids is 1. The van der Waals surface area contributed by atoms with E-state index in [1.165, 1.54) is 135 Å². The number of rotatable bonds is 26. The molecule has 0 spiro atoms. The largest absolute Gasteiger partial charge is 0.481 e. The smallest absolute Gasteiger partial charge is 0.303 e. The topological polar surface area (TPSA) is 75.3 Å². The molecule has 0 aliphatic rings. The Hall–Kier alpha value is -0.610.